The Morgan fingerprint density at radius 1 is 0.917 bits per heavy atom. The molecule has 0 aliphatic carbocycles. The number of carbonyl (C=O) groups is 4. The molecule has 8 nitrogen and oxygen atoms in total. The Labute approximate surface area is 140 Å². The van der Waals surface area contributed by atoms with E-state index in [4.69, 9.17) is 11.5 Å². The quantitative estimate of drug-likeness (QED) is 0.484. The van der Waals surface area contributed by atoms with Crippen LogP contribution in [-0.4, -0.2) is 35.7 Å². The van der Waals surface area contributed by atoms with Gasteiger partial charge in [0, 0.05) is 5.56 Å². The molecule has 0 aliphatic rings. The van der Waals surface area contributed by atoms with Crippen molar-refractivity contribution in [3.8, 4) is 0 Å². The zero-order chi connectivity index (χ0) is 18.4. The lowest BCUT2D eigenvalue weighted by atomic mass is 10.0. The number of nitrogens with two attached hydrogens (primary N) is 2. The lowest BCUT2D eigenvalue weighted by Crippen LogP contribution is -2.58. The van der Waals surface area contributed by atoms with Gasteiger partial charge in [0.25, 0.3) is 5.91 Å². The van der Waals surface area contributed by atoms with E-state index in [1.807, 2.05) is 6.92 Å². The first-order valence-electron chi connectivity index (χ1n) is 7.40. The molecule has 0 fully saturated rings. The van der Waals surface area contributed by atoms with Gasteiger partial charge in [0.15, 0.2) is 6.04 Å². The molecule has 0 radical (unpaired) electrons. The van der Waals surface area contributed by atoms with Crippen LogP contribution in [0.15, 0.2) is 24.3 Å². The Bertz CT molecular complexity index is 626. The van der Waals surface area contributed by atoms with Crippen molar-refractivity contribution in [3.63, 3.8) is 0 Å². The molecule has 0 aliphatic heterocycles. The van der Waals surface area contributed by atoms with Gasteiger partial charge >= 0.3 is 0 Å². The van der Waals surface area contributed by atoms with Gasteiger partial charge in [-0.3, -0.25) is 19.2 Å². The molecule has 0 saturated carbocycles. The molecule has 24 heavy (non-hydrogen) atoms. The summed E-state index contributed by atoms with van der Waals surface area (Å²) >= 11 is 0. The fraction of sp³-hybridized carbons (Fsp3) is 0.375. The third kappa shape index (κ3) is 5.08. The molecule has 1 aromatic carbocycles. The zero-order valence-corrected chi connectivity index (χ0v) is 13.8. The van der Waals surface area contributed by atoms with Gasteiger partial charge in [-0.25, -0.2) is 0 Å². The minimum Gasteiger partial charge on any atom is -0.367 e. The first-order valence-corrected chi connectivity index (χ1v) is 7.40. The van der Waals surface area contributed by atoms with Crippen LogP contribution in [0.3, 0.4) is 0 Å². The van der Waals surface area contributed by atoms with Crippen LogP contribution in [0.2, 0.25) is 0 Å². The highest BCUT2D eigenvalue weighted by atomic mass is 16.2. The van der Waals surface area contributed by atoms with E-state index in [2.05, 4.69) is 10.6 Å². The van der Waals surface area contributed by atoms with Crippen molar-refractivity contribution in [3.05, 3.63) is 35.4 Å². The first-order chi connectivity index (χ1) is 11.1. The van der Waals surface area contributed by atoms with Crippen LogP contribution in [-0.2, 0) is 14.4 Å². The second-order valence-electron chi connectivity index (χ2n) is 5.81. The van der Waals surface area contributed by atoms with E-state index >= 15 is 0 Å². The van der Waals surface area contributed by atoms with Crippen molar-refractivity contribution in [2.45, 2.75) is 32.9 Å². The van der Waals surface area contributed by atoms with Crippen LogP contribution < -0.4 is 22.1 Å². The molecule has 8 heteroatoms. The number of aryl methyl sites for hydroxylation is 1. The second kappa shape index (κ2) is 8.09. The third-order valence-electron chi connectivity index (χ3n) is 3.41. The molecule has 1 atom stereocenters. The minimum absolute atomic E-state index is 0.291. The zero-order valence-electron chi connectivity index (χ0n) is 13.8. The normalized spacial score (nSPS) is 11.9. The fourth-order valence-electron chi connectivity index (χ4n) is 1.98. The summed E-state index contributed by atoms with van der Waals surface area (Å²) < 4.78 is 0. The van der Waals surface area contributed by atoms with Gasteiger partial charge in [-0.05, 0) is 25.0 Å². The van der Waals surface area contributed by atoms with E-state index < -0.39 is 35.7 Å². The van der Waals surface area contributed by atoms with E-state index in [0.29, 0.717) is 5.56 Å². The number of nitrogens with one attached hydrogen (secondary N) is 2. The predicted molar refractivity (Wildman–Crippen MR) is 87.6 cm³/mol. The van der Waals surface area contributed by atoms with Crippen LogP contribution >= 0.6 is 0 Å². The highest BCUT2D eigenvalue weighted by molar-refractivity contribution is 6.06. The summed E-state index contributed by atoms with van der Waals surface area (Å²) in [5.41, 5.74) is 11.4. The van der Waals surface area contributed by atoms with Gasteiger partial charge in [0.05, 0.1) is 0 Å². The van der Waals surface area contributed by atoms with Crippen molar-refractivity contribution in [2.75, 3.05) is 0 Å². The summed E-state index contributed by atoms with van der Waals surface area (Å²) in [5, 5.41) is 4.74. The van der Waals surface area contributed by atoms with Crippen molar-refractivity contribution in [1.82, 2.24) is 10.6 Å². The Morgan fingerprint density at radius 3 is 1.83 bits per heavy atom. The molecule has 0 bridgehead atoms. The van der Waals surface area contributed by atoms with Gasteiger partial charge in [-0.2, -0.15) is 0 Å². The maximum absolute atomic E-state index is 12.3. The second-order valence-corrected chi connectivity index (χ2v) is 5.81. The lowest BCUT2D eigenvalue weighted by Gasteiger charge is -2.23. The SMILES string of the molecule is Cc1ccc(C(=O)NC(C(=O)NC(C(N)=O)C(N)=O)C(C)C)cc1. The van der Waals surface area contributed by atoms with Crippen molar-refractivity contribution in [1.29, 1.82) is 0 Å². The molecule has 0 spiro atoms. The van der Waals surface area contributed by atoms with Crippen molar-refractivity contribution >= 4 is 23.6 Å². The highest BCUT2D eigenvalue weighted by Crippen LogP contribution is 2.07. The van der Waals surface area contributed by atoms with Gasteiger partial charge in [-0.15, -0.1) is 0 Å². The van der Waals surface area contributed by atoms with Crippen LogP contribution in [0.4, 0.5) is 0 Å². The average Bonchev–Trinajstić information content (AvgIpc) is 2.49. The molecule has 0 aromatic heterocycles. The largest absolute Gasteiger partial charge is 0.367 e. The minimum atomic E-state index is -1.63. The standard InChI is InChI=1S/C16H22N4O4/c1-8(2)11(16(24)20-12(13(17)21)14(18)22)19-15(23)10-6-4-9(3)5-7-10/h4-8,11-12H,1-3H3,(H2,17,21)(H2,18,22)(H,19,23)(H,20,24). The molecule has 130 valence electrons. The first kappa shape index (κ1) is 19.1. The van der Waals surface area contributed by atoms with E-state index in [9.17, 15) is 19.2 Å². The van der Waals surface area contributed by atoms with Crippen molar-refractivity contribution < 1.29 is 19.2 Å². The summed E-state index contributed by atoms with van der Waals surface area (Å²) in [6.45, 7) is 5.31. The molecule has 0 saturated heterocycles. The summed E-state index contributed by atoms with van der Waals surface area (Å²) in [5.74, 6) is -3.58. The van der Waals surface area contributed by atoms with Crippen LogP contribution in [0.25, 0.3) is 0 Å². The Morgan fingerprint density at radius 2 is 1.42 bits per heavy atom. The van der Waals surface area contributed by atoms with E-state index in [1.54, 1.807) is 38.1 Å². The number of benzene rings is 1. The predicted octanol–water partition coefficient (Wildman–Crippen LogP) is -0.795. The molecular weight excluding hydrogens is 312 g/mol. The van der Waals surface area contributed by atoms with E-state index in [0.717, 1.165) is 5.56 Å². The smallest absolute Gasteiger partial charge is 0.251 e. The summed E-state index contributed by atoms with van der Waals surface area (Å²) in [7, 11) is 0. The van der Waals surface area contributed by atoms with Gasteiger partial charge < -0.3 is 22.1 Å². The topological polar surface area (TPSA) is 144 Å². The number of amides is 4. The molecule has 1 aromatic rings. The van der Waals surface area contributed by atoms with E-state index in [-0.39, 0.29) is 5.92 Å². The number of hydrogen-bond donors (Lipinski definition) is 4. The molecule has 1 rings (SSSR count). The summed E-state index contributed by atoms with van der Waals surface area (Å²) in [6, 6.07) is 4.23. The Kier molecular flexibility index (Phi) is 6.46. The lowest BCUT2D eigenvalue weighted by molar-refractivity contribution is -0.135. The van der Waals surface area contributed by atoms with Gasteiger partial charge in [0.1, 0.15) is 6.04 Å². The fourth-order valence-corrected chi connectivity index (χ4v) is 1.98. The molecular formula is C16H22N4O4. The average molecular weight is 334 g/mol. The molecule has 4 amide bonds. The Hall–Kier alpha value is -2.90. The molecule has 1 unspecified atom stereocenters. The van der Waals surface area contributed by atoms with Gasteiger partial charge in [-0.1, -0.05) is 31.5 Å². The summed E-state index contributed by atoms with van der Waals surface area (Å²) in [4.78, 5) is 46.9. The maximum Gasteiger partial charge on any atom is 0.251 e. The van der Waals surface area contributed by atoms with Crippen molar-refractivity contribution in [2.24, 2.45) is 17.4 Å². The molecule has 0 heterocycles. The number of hydrogen-bond acceptors (Lipinski definition) is 4. The number of rotatable bonds is 7. The highest BCUT2D eigenvalue weighted by Gasteiger charge is 2.30. The monoisotopic (exact) mass is 334 g/mol. The Balaban J connectivity index is 2.88. The van der Waals surface area contributed by atoms with Crippen LogP contribution in [0, 0.1) is 12.8 Å². The molecule has 6 N–H and O–H groups in total. The van der Waals surface area contributed by atoms with Crippen LogP contribution in [0.1, 0.15) is 29.8 Å². The van der Waals surface area contributed by atoms with Crippen LogP contribution in [0.5, 0.6) is 0 Å². The summed E-state index contributed by atoms with van der Waals surface area (Å²) in [6.07, 6.45) is 0. The van der Waals surface area contributed by atoms with E-state index in [1.165, 1.54) is 0 Å². The number of carbonyl (C=O) groups excluding carboxylic acids is 4. The maximum atomic E-state index is 12.3. The third-order valence-corrected chi connectivity index (χ3v) is 3.41. The number of primary amides is 2. The van der Waals surface area contributed by atoms with Gasteiger partial charge in [0.2, 0.25) is 17.7 Å².